The molecule has 8 nitrogen and oxygen atoms in total. The lowest BCUT2D eigenvalue weighted by molar-refractivity contribution is -0.0281. The number of alkyl halides is 3. The van der Waals surface area contributed by atoms with Gasteiger partial charge in [-0.1, -0.05) is 53.5 Å². The molecule has 9 rings (SSSR count). The first kappa shape index (κ1) is 42.2. The van der Waals surface area contributed by atoms with Crippen molar-refractivity contribution >= 4 is 35.6 Å². The topological polar surface area (TPSA) is 72.8 Å². The van der Waals surface area contributed by atoms with Crippen LogP contribution >= 0.6 is 0 Å². The second-order valence-electron chi connectivity index (χ2n) is 19.3. The fourth-order valence-electron chi connectivity index (χ4n) is 12.2. The SMILES string of the molecule is COCOc1cc(-c2nc3c4c(nc(OC[C@@]56CCCN5C[C@H](F)C6)nc4c2F)N2C[C@H]4CC[C@H](C4)[C@H]2CC3(F)F)c2c(C#C[Si](C(C)C)(C(C)C)C(C)C)c(F)ccc2c1. The van der Waals surface area contributed by atoms with E-state index in [9.17, 15) is 4.39 Å². The third kappa shape index (κ3) is 6.96. The van der Waals surface area contributed by atoms with Crippen LogP contribution in [0.3, 0.4) is 0 Å². The van der Waals surface area contributed by atoms with Crippen LogP contribution in [0.5, 0.6) is 11.8 Å². The lowest BCUT2D eigenvalue weighted by Crippen LogP contribution is -2.47. The Morgan fingerprint density at radius 1 is 0.934 bits per heavy atom. The van der Waals surface area contributed by atoms with Gasteiger partial charge in [-0.25, -0.2) is 18.2 Å². The van der Waals surface area contributed by atoms with E-state index in [0.717, 1.165) is 38.6 Å². The van der Waals surface area contributed by atoms with Crippen LogP contribution in [0.4, 0.5) is 27.8 Å². The van der Waals surface area contributed by atoms with Gasteiger partial charge in [0.1, 0.15) is 55.1 Å². The number of ether oxygens (including phenoxy) is 3. The van der Waals surface area contributed by atoms with Gasteiger partial charge in [0.15, 0.2) is 12.6 Å². The summed E-state index contributed by atoms with van der Waals surface area (Å²) >= 11 is 0. The second-order valence-corrected chi connectivity index (χ2v) is 24.9. The molecule has 5 aliphatic rings. The van der Waals surface area contributed by atoms with E-state index in [1.807, 2.05) is 4.90 Å². The minimum absolute atomic E-state index is 0.00408. The summed E-state index contributed by atoms with van der Waals surface area (Å²) < 4.78 is 101. The number of benzene rings is 2. The zero-order chi connectivity index (χ0) is 43.2. The number of methoxy groups -OCH3 is 1. The molecule has 2 aromatic heterocycles. The maximum atomic E-state index is 18.0. The third-order valence-electron chi connectivity index (χ3n) is 15.0. The van der Waals surface area contributed by atoms with Gasteiger partial charge < -0.3 is 19.1 Å². The molecule has 1 aliphatic carbocycles. The molecule has 14 heteroatoms. The smallest absolute Gasteiger partial charge is 0.319 e. The predicted molar refractivity (Wildman–Crippen MR) is 230 cm³/mol. The van der Waals surface area contributed by atoms with E-state index < -0.39 is 61.2 Å². The molecular formula is C47H56F5N5O3Si. The average molecular weight is 862 g/mol. The Labute approximate surface area is 355 Å². The van der Waals surface area contributed by atoms with E-state index in [1.165, 1.54) is 19.2 Å². The Kier molecular flexibility index (Phi) is 10.8. The van der Waals surface area contributed by atoms with Crippen molar-refractivity contribution in [3.8, 4) is 34.5 Å². The van der Waals surface area contributed by atoms with Crippen LogP contribution < -0.4 is 14.4 Å². The highest BCUT2D eigenvalue weighted by atomic mass is 28.3. The average Bonchev–Trinajstić information content (AvgIpc) is 3.87. The van der Waals surface area contributed by atoms with Crippen molar-refractivity contribution in [1.29, 1.82) is 0 Å². The molecular weight excluding hydrogens is 806 g/mol. The molecule has 4 fully saturated rings. The Bertz CT molecular complexity index is 2420. The molecule has 5 atom stereocenters. The number of fused-ring (bicyclic) bond motifs is 7. The molecule has 2 aromatic carbocycles. The fourth-order valence-corrected chi connectivity index (χ4v) is 17.4. The monoisotopic (exact) mass is 861 g/mol. The van der Waals surface area contributed by atoms with Gasteiger partial charge in [0, 0.05) is 50.0 Å². The standard InChI is InChI=1S/C47H56F5N5O3Si/c1-26(2)61(27(3)4,28(5)6)16-13-34-36(49)12-11-31-18-33(60-25-58-7)19-35(38(31)34)41-40(50)42-39-43(53-41)47(51,52)21-37-30-10-9-29(17-30)22-57(37)44(39)55-45(54-42)59-24-46-14-8-15-56(46)23-32(48)20-46/h11-12,18-19,26-30,32,37H,8-10,14-15,17,20-25H2,1-7H3/t29-,30+,32+,37+,46-/m0/s1. The number of piperidine rings is 1. The van der Waals surface area contributed by atoms with E-state index in [0.29, 0.717) is 24.9 Å². The number of pyridine rings is 1. The molecule has 0 radical (unpaired) electrons. The summed E-state index contributed by atoms with van der Waals surface area (Å²) in [5.74, 6) is -1.14. The Balaban J connectivity index is 1.30. The number of rotatable bonds is 10. The van der Waals surface area contributed by atoms with Crippen LogP contribution in [-0.4, -0.2) is 85.8 Å². The summed E-state index contributed by atoms with van der Waals surface area (Å²) in [5.41, 5.74) is 2.44. The molecule has 0 spiro atoms. The molecule has 0 N–H and O–H groups in total. The summed E-state index contributed by atoms with van der Waals surface area (Å²) in [6.07, 6.45) is 2.97. The van der Waals surface area contributed by atoms with E-state index in [2.05, 4.69) is 67.9 Å². The van der Waals surface area contributed by atoms with E-state index in [1.54, 1.807) is 12.1 Å². The van der Waals surface area contributed by atoms with Gasteiger partial charge in [0.25, 0.3) is 5.92 Å². The van der Waals surface area contributed by atoms with Gasteiger partial charge in [-0.3, -0.25) is 4.90 Å². The summed E-state index contributed by atoms with van der Waals surface area (Å²) in [7, 11) is -0.945. The lowest BCUT2D eigenvalue weighted by atomic mass is 9.87. The number of aromatic nitrogens is 3. The minimum atomic E-state index is -3.51. The van der Waals surface area contributed by atoms with Crippen molar-refractivity contribution in [2.45, 2.75) is 127 Å². The van der Waals surface area contributed by atoms with E-state index in [4.69, 9.17) is 19.2 Å². The molecule has 326 valence electrons. The van der Waals surface area contributed by atoms with Crippen LogP contribution in [-0.2, 0) is 10.7 Å². The Morgan fingerprint density at radius 3 is 2.44 bits per heavy atom. The zero-order valence-electron chi connectivity index (χ0n) is 36.2. The van der Waals surface area contributed by atoms with Gasteiger partial charge in [0.05, 0.1) is 16.5 Å². The van der Waals surface area contributed by atoms with Gasteiger partial charge in [-0.15, -0.1) is 5.54 Å². The molecule has 2 bridgehead atoms. The molecule has 61 heavy (non-hydrogen) atoms. The molecule has 4 aromatic rings. The quantitative estimate of drug-likeness (QED) is 0.0676. The van der Waals surface area contributed by atoms with Gasteiger partial charge in [-0.2, -0.15) is 18.7 Å². The minimum Gasteiger partial charge on any atom is -0.468 e. The summed E-state index contributed by atoms with van der Waals surface area (Å²) in [6, 6.07) is 5.31. The highest BCUT2D eigenvalue weighted by Crippen LogP contribution is 2.53. The third-order valence-corrected chi connectivity index (χ3v) is 21.2. The van der Waals surface area contributed by atoms with Crippen molar-refractivity contribution in [3.05, 3.63) is 47.2 Å². The van der Waals surface area contributed by atoms with Crippen LogP contribution in [0.25, 0.3) is 32.9 Å². The largest absolute Gasteiger partial charge is 0.468 e. The van der Waals surface area contributed by atoms with Crippen molar-refractivity contribution in [3.63, 3.8) is 0 Å². The van der Waals surface area contributed by atoms with Crippen LogP contribution in [0.15, 0.2) is 24.3 Å². The van der Waals surface area contributed by atoms with Gasteiger partial charge >= 0.3 is 6.01 Å². The number of hydrogen-bond acceptors (Lipinski definition) is 8. The number of nitrogens with zero attached hydrogens (tertiary/aromatic N) is 5. The maximum absolute atomic E-state index is 18.0. The number of anilines is 1. The fraction of sp³-hybridized carbons (Fsp3) is 0.596. The van der Waals surface area contributed by atoms with Crippen LogP contribution in [0, 0.1) is 34.9 Å². The van der Waals surface area contributed by atoms with Crippen LogP contribution in [0.1, 0.15) is 97.7 Å². The molecule has 3 saturated heterocycles. The highest BCUT2D eigenvalue weighted by molar-refractivity contribution is 6.90. The lowest BCUT2D eigenvalue weighted by Gasteiger charge is -2.41. The first-order valence-corrected chi connectivity index (χ1v) is 24.3. The molecule has 1 saturated carbocycles. The Hall–Kier alpha value is -4.06. The second kappa shape index (κ2) is 15.6. The summed E-state index contributed by atoms with van der Waals surface area (Å²) in [5, 5.41) is 0.536. The maximum Gasteiger partial charge on any atom is 0.319 e. The van der Waals surface area contributed by atoms with E-state index in [-0.39, 0.29) is 86.9 Å². The zero-order valence-corrected chi connectivity index (χ0v) is 37.2. The molecule has 0 amide bonds. The van der Waals surface area contributed by atoms with Crippen molar-refractivity contribution < 1.29 is 36.2 Å². The predicted octanol–water partition coefficient (Wildman–Crippen LogP) is 10.7. The first-order valence-electron chi connectivity index (χ1n) is 22.1. The number of hydrogen-bond donors (Lipinski definition) is 0. The summed E-state index contributed by atoms with van der Waals surface area (Å²) in [6.45, 7) is 14.4. The first-order chi connectivity index (χ1) is 29.1. The van der Waals surface area contributed by atoms with Gasteiger partial charge in [0.2, 0.25) is 0 Å². The Morgan fingerprint density at radius 2 is 1.70 bits per heavy atom. The van der Waals surface area contributed by atoms with Crippen molar-refractivity contribution in [1.82, 2.24) is 19.9 Å². The molecule has 6 heterocycles. The highest BCUT2D eigenvalue weighted by Gasteiger charge is 2.53. The normalized spacial score (nSPS) is 25.7. The van der Waals surface area contributed by atoms with Crippen molar-refractivity contribution in [2.75, 3.05) is 45.0 Å². The number of halogens is 5. The van der Waals surface area contributed by atoms with Crippen molar-refractivity contribution in [2.24, 2.45) is 11.8 Å². The van der Waals surface area contributed by atoms with Crippen LogP contribution in [0.2, 0.25) is 16.6 Å². The van der Waals surface area contributed by atoms with E-state index >= 15 is 17.6 Å². The molecule has 4 aliphatic heterocycles. The molecule has 0 unspecified atom stereocenters. The summed E-state index contributed by atoms with van der Waals surface area (Å²) in [4.78, 5) is 18.0. The van der Waals surface area contributed by atoms with Gasteiger partial charge in [-0.05, 0) is 90.7 Å².